The van der Waals surface area contributed by atoms with E-state index in [9.17, 15) is 10.4 Å². The summed E-state index contributed by atoms with van der Waals surface area (Å²) < 4.78 is 0. The molecule has 0 aromatic carbocycles. The summed E-state index contributed by atoms with van der Waals surface area (Å²) in [7, 11) is 0. The van der Waals surface area contributed by atoms with Gasteiger partial charge in [0.15, 0.2) is 0 Å². The van der Waals surface area contributed by atoms with Gasteiger partial charge in [0.1, 0.15) is 0 Å². The average Bonchev–Trinajstić information content (AvgIpc) is 2.85. The van der Waals surface area contributed by atoms with Gasteiger partial charge < -0.3 is 5.11 Å². The minimum Gasteiger partial charge on any atom is -0.393 e. The molecule has 0 aliphatic heterocycles. The fourth-order valence-corrected chi connectivity index (χ4v) is 7.39. The summed E-state index contributed by atoms with van der Waals surface area (Å²) >= 11 is 0. The molecule has 4 aliphatic rings. The molecule has 0 saturated heterocycles. The SMILES string of the molecule is C[C@@]12CCC3[C@H](CC[C@H]4C[C@@H](O)CC[C@@]34C)C1C[C@@H](C#N)C2. The Bertz CT molecular complexity index is 496. The van der Waals surface area contributed by atoms with E-state index >= 15 is 0 Å². The molecule has 22 heavy (non-hydrogen) atoms. The maximum Gasteiger partial charge on any atom is 0.0656 e. The third-order valence-electron chi connectivity index (χ3n) is 8.59. The van der Waals surface area contributed by atoms with Gasteiger partial charge in [0.2, 0.25) is 0 Å². The van der Waals surface area contributed by atoms with Gasteiger partial charge in [-0.3, -0.25) is 0 Å². The van der Waals surface area contributed by atoms with E-state index < -0.39 is 0 Å². The van der Waals surface area contributed by atoms with Crippen molar-refractivity contribution < 1.29 is 5.11 Å². The van der Waals surface area contributed by atoms with Crippen LogP contribution in [0.1, 0.15) is 71.6 Å². The zero-order valence-electron chi connectivity index (χ0n) is 14.2. The summed E-state index contributed by atoms with van der Waals surface area (Å²) in [5, 5.41) is 19.5. The smallest absolute Gasteiger partial charge is 0.0656 e. The molecule has 2 heteroatoms. The van der Waals surface area contributed by atoms with Crippen molar-refractivity contribution in [3.05, 3.63) is 0 Å². The number of aliphatic hydroxyl groups excluding tert-OH is 1. The number of nitrogens with zero attached hydrogens (tertiary/aromatic N) is 1. The highest BCUT2D eigenvalue weighted by Crippen LogP contribution is 2.66. The number of aliphatic hydroxyl groups is 1. The van der Waals surface area contributed by atoms with Crippen molar-refractivity contribution in [2.24, 2.45) is 40.4 Å². The Morgan fingerprint density at radius 2 is 1.82 bits per heavy atom. The summed E-state index contributed by atoms with van der Waals surface area (Å²) in [4.78, 5) is 0. The van der Waals surface area contributed by atoms with E-state index in [0.717, 1.165) is 49.4 Å². The Hall–Kier alpha value is -0.550. The highest BCUT2D eigenvalue weighted by molar-refractivity contribution is 5.10. The normalized spacial score (nSPS) is 57.4. The largest absolute Gasteiger partial charge is 0.393 e. The highest BCUT2D eigenvalue weighted by Gasteiger charge is 2.59. The van der Waals surface area contributed by atoms with Crippen LogP contribution in [0.25, 0.3) is 0 Å². The molecule has 1 N–H and O–H groups in total. The molecular formula is C20H31NO. The van der Waals surface area contributed by atoms with Gasteiger partial charge in [-0.25, -0.2) is 0 Å². The molecule has 0 heterocycles. The first-order chi connectivity index (χ1) is 10.5. The molecule has 0 bridgehead atoms. The van der Waals surface area contributed by atoms with Crippen LogP contribution >= 0.6 is 0 Å². The molecule has 2 nitrogen and oxygen atoms in total. The van der Waals surface area contributed by atoms with E-state index in [1.807, 2.05) is 0 Å². The molecule has 0 aromatic heterocycles. The van der Waals surface area contributed by atoms with Gasteiger partial charge in [-0.15, -0.1) is 0 Å². The van der Waals surface area contributed by atoms with Gasteiger partial charge in [-0.1, -0.05) is 13.8 Å². The maximum absolute atomic E-state index is 10.1. The fourth-order valence-electron chi connectivity index (χ4n) is 7.39. The van der Waals surface area contributed by atoms with Crippen LogP contribution in [0.3, 0.4) is 0 Å². The molecule has 122 valence electrons. The standard InChI is InChI=1S/C20H31NO/c1-19-7-6-17-16(18(19)9-13(11-19)12-21)4-3-14-10-15(22)5-8-20(14,17)2/h13-18,22H,3-11H2,1-2H3/t13-,14+,15+,16+,17?,18?,19+,20-/m1/s1. The molecule has 2 unspecified atom stereocenters. The highest BCUT2D eigenvalue weighted by atomic mass is 16.3. The maximum atomic E-state index is 10.1. The van der Waals surface area contributed by atoms with Crippen molar-refractivity contribution in [2.45, 2.75) is 77.7 Å². The molecular weight excluding hydrogens is 270 g/mol. The van der Waals surface area contributed by atoms with Crippen LogP contribution in [0, 0.1) is 51.8 Å². The monoisotopic (exact) mass is 301 g/mol. The second-order valence-electron chi connectivity index (χ2n) is 9.54. The quantitative estimate of drug-likeness (QED) is 0.714. The van der Waals surface area contributed by atoms with E-state index in [0.29, 0.717) is 16.7 Å². The molecule has 4 rings (SSSR count). The van der Waals surface area contributed by atoms with Crippen molar-refractivity contribution in [1.82, 2.24) is 0 Å². The lowest BCUT2D eigenvalue weighted by atomic mass is 9.45. The van der Waals surface area contributed by atoms with Crippen LogP contribution in [-0.4, -0.2) is 11.2 Å². The van der Waals surface area contributed by atoms with Crippen LogP contribution in [0.15, 0.2) is 0 Å². The summed E-state index contributed by atoms with van der Waals surface area (Å²) in [6.07, 6.45) is 10.9. The Morgan fingerprint density at radius 1 is 1.00 bits per heavy atom. The second-order valence-corrected chi connectivity index (χ2v) is 9.54. The van der Waals surface area contributed by atoms with Gasteiger partial charge in [0.05, 0.1) is 12.2 Å². The molecule has 4 aliphatic carbocycles. The first-order valence-electron chi connectivity index (χ1n) is 9.54. The fraction of sp³-hybridized carbons (Fsp3) is 0.950. The summed E-state index contributed by atoms with van der Waals surface area (Å²) in [5.41, 5.74) is 0.910. The van der Waals surface area contributed by atoms with Crippen molar-refractivity contribution in [1.29, 1.82) is 5.26 Å². The number of nitriles is 1. The molecule has 0 spiro atoms. The Kier molecular flexibility index (Phi) is 3.39. The zero-order chi connectivity index (χ0) is 15.5. The summed E-state index contributed by atoms with van der Waals surface area (Å²) in [5.74, 6) is 3.56. The first-order valence-corrected chi connectivity index (χ1v) is 9.54. The minimum atomic E-state index is -0.0436. The van der Waals surface area contributed by atoms with E-state index in [4.69, 9.17) is 0 Å². The minimum absolute atomic E-state index is 0.0436. The van der Waals surface area contributed by atoms with Gasteiger partial charge in [0, 0.05) is 5.92 Å². The van der Waals surface area contributed by atoms with Crippen molar-refractivity contribution in [3.8, 4) is 6.07 Å². The second kappa shape index (κ2) is 4.97. The molecule has 4 fully saturated rings. The van der Waals surface area contributed by atoms with Crippen LogP contribution in [-0.2, 0) is 0 Å². The first kappa shape index (κ1) is 15.0. The van der Waals surface area contributed by atoms with Crippen molar-refractivity contribution >= 4 is 0 Å². The molecule has 0 radical (unpaired) electrons. The van der Waals surface area contributed by atoms with Gasteiger partial charge in [-0.05, 0) is 92.3 Å². The number of hydrogen-bond donors (Lipinski definition) is 1. The lowest BCUT2D eigenvalue weighted by molar-refractivity contribution is -0.120. The van der Waals surface area contributed by atoms with Crippen LogP contribution < -0.4 is 0 Å². The van der Waals surface area contributed by atoms with Gasteiger partial charge in [-0.2, -0.15) is 5.26 Å². The van der Waals surface area contributed by atoms with Gasteiger partial charge in [0.25, 0.3) is 0 Å². The van der Waals surface area contributed by atoms with E-state index in [2.05, 4.69) is 19.9 Å². The molecule has 0 aromatic rings. The van der Waals surface area contributed by atoms with Crippen molar-refractivity contribution in [2.75, 3.05) is 0 Å². The zero-order valence-corrected chi connectivity index (χ0v) is 14.2. The lowest BCUT2D eigenvalue weighted by Crippen LogP contribution is -2.53. The van der Waals surface area contributed by atoms with Crippen LogP contribution in [0.5, 0.6) is 0 Å². The van der Waals surface area contributed by atoms with Gasteiger partial charge >= 0.3 is 0 Å². The predicted octanol–water partition coefficient (Wildman–Crippen LogP) is 4.53. The predicted molar refractivity (Wildman–Crippen MR) is 86.8 cm³/mol. The Labute approximate surface area is 135 Å². The Morgan fingerprint density at radius 3 is 2.59 bits per heavy atom. The van der Waals surface area contributed by atoms with E-state index in [1.165, 1.54) is 32.1 Å². The summed E-state index contributed by atoms with van der Waals surface area (Å²) in [6.45, 7) is 5.02. The van der Waals surface area contributed by atoms with E-state index in [-0.39, 0.29) is 6.10 Å². The van der Waals surface area contributed by atoms with E-state index in [1.54, 1.807) is 0 Å². The average molecular weight is 301 g/mol. The van der Waals surface area contributed by atoms with Crippen molar-refractivity contribution in [3.63, 3.8) is 0 Å². The topological polar surface area (TPSA) is 44.0 Å². The number of hydrogen-bond acceptors (Lipinski definition) is 2. The number of rotatable bonds is 0. The molecule has 4 saturated carbocycles. The lowest BCUT2D eigenvalue weighted by Gasteiger charge is -2.60. The third-order valence-corrected chi connectivity index (χ3v) is 8.59. The van der Waals surface area contributed by atoms with Crippen LogP contribution in [0.2, 0.25) is 0 Å². The molecule has 0 amide bonds. The third kappa shape index (κ3) is 2.01. The summed E-state index contributed by atoms with van der Waals surface area (Å²) in [6, 6.07) is 2.58. The van der Waals surface area contributed by atoms with Crippen LogP contribution in [0.4, 0.5) is 0 Å². The number of fused-ring (bicyclic) bond motifs is 5. The molecule has 8 atom stereocenters. The Balaban J connectivity index is 1.61.